The van der Waals surface area contributed by atoms with E-state index in [9.17, 15) is 8.42 Å². The van der Waals surface area contributed by atoms with Crippen LogP contribution in [0.25, 0.3) is 0 Å². The Bertz CT molecular complexity index is 510. The summed E-state index contributed by atoms with van der Waals surface area (Å²) in [5.41, 5.74) is 6.09. The second-order valence-electron chi connectivity index (χ2n) is 4.65. The number of nitrogens with one attached hydrogen (secondary N) is 1. The average Bonchev–Trinajstić information content (AvgIpc) is 2.92. The summed E-state index contributed by atoms with van der Waals surface area (Å²) in [6, 6.07) is 2.88. The Balaban J connectivity index is 2.08. The van der Waals surface area contributed by atoms with Crippen LogP contribution < -0.4 is 10.5 Å². The maximum absolute atomic E-state index is 12.2. The third kappa shape index (κ3) is 3.50. The molecule has 0 aliphatic carbocycles. The van der Waals surface area contributed by atoms with Crippen LogP contribution in [0, 0.1) is 0 Å². The van der Waals surface area contributed by atoms with Crippen molar-refractivity contribution in [2.45, 2.75) is 43.4 Å². The van der Waals surface area contributed by atoms with E-state index in [2.05, 4.69) is 9.71 Å². The number of nitrogens with zero attached hydrogens (tertiary/aromatic N) is 1. The Morgan fingerprint density at radius 3 is 2.89 bits per heavy atom. The minimum absolute atomic E-state index is 0.0500. The van der Waals surface area contributed by atoms with E-state index in [4.69, 9.17) is 10.5 Å². The molecule has 7 heteroatoms. The highest BCUT2D eigenvalue weighted by Crippen LogP contribution is 2.17. The lowest BCUT2D eigenvalue weighted by atomic mass is 10.1. The third-order valence-corrected chi connectivity index (χ3v) is 4.72. The highest BCUT2D eigenvalue weighted by Gasteiger charge is 2.27. The van der Waals surface area contributed by atoms with Crippen LogP contribution in [0.5, 0.6) is 0 Å². The van der Waals surface area contributed by atoms with Crippen molar-refractivity contribution in [2.24, 2.45) is 5.73 Å². The smallest absolute Gasteiger partial charge is 0.242 e. The van der Waals surface area contributed by atoms with Gasteiger partial charge in [0, 0.05) is 25.4 Å². The third-order valence-electron chi connectivity index (χ3n) is 3.18. The zero-order chi connectivity index (χ0) is 13.9. The molecular formula is C12H19N3O3S. The van der Waals surface area contributed by atoms with Gasteiger partial charge in [-0.2, -0.15) is 0 Å². The molecule has 0 radical (unpaired) electrons. The van der Waals surface area contributed by atoms with Crippen LogP contribution in [0.3, 0.4) is 0 Å². The first-order chi connectivity index (χ1) is 9.03. The number of hydrogen-bond acceptors (Lipinski definition) is 5. The molecule has 1 aromatic rings. The molecule has 2 heterocycles. The number of pyridine rings is 1. The van der Waals surface area contributed by atoms with E-state index in [1.54, 1.807) is 6.07 Å². The normalized spacial score (nSPS) is 21.5. The quantitative estimate of drug-likeness (QED) is 0.816. The Hall–Kier alpha value is -1.02. The molecule has 0 saturated carbocycles. The van der Waals surface area contributed by atoms with Crippen LogP contribution in [0.2, 0.25) is 0 Å². The van der Waals surface area contributed by atoms with Crippen molar-refractivity contribution in [3.8, 4) is 0 Å². The highest BCUT2D eigenvalue weighted by molar-refractivity contribution is 7.89. The number of aromatic nitrogens is 1. The van der Waals surface area contributed by atoms with Gasteiger partial charge in [-0.3, -0.25) is 4.98 Å². The van der Waals surface area contributed by atoms with Gasteiger partial charge in [-0.05, 0) is 31.9 Å². The molecule has 1 saturated heterocycles. The molecule has 1 aliphatic rings. The maximum atomic E-state index is 12.2. The van der Waals surface area contributed by atoms with E-state index in [1.807, 2.05) is 6.92 Å². The average molecular weight is 285 g/mol. The number of ether oxygens (including phenoxy) is 1. The standard InChI is InChI=1S/C12H19N3O3S/c1-9(12-3-2-6-18-12)15-19(16,17)11-5-4-10(7-13)14-8-11/h4-5,8-9,12,15H,2-3,6-7,13H2,1H3. The summed E-state index contributed by atoms with van der Waals surface area (Å²) in [7, 11) is -3.56. The van der Waals surface area contributed by atoms with Crippen molar-refractivity contribution < 1.29 is 13.2 Å². The van der Waals surface area contributed by atoms with E-state index >= 15 is 0 Å². The molecule has 0 amide bonds. The summed E-state index contributed by atoms with van der Waals surface area (Å²) < 4.78 is 32.4. The van der Waals surface area contributed by atoms with E-state index in [1.165, 1.54) is 12.3 Å². The number of sulfonamides is 1. The fraction of sp³-hybridized carbons (Fsp3) is 0.583. The van der Waals surface area contributed by atoms with E-state index in [0.717, 1.165) is 12.8 Å². The molecule has 106 valence electrons. The van der Waals surface area contributed by atoms with Crippen molar-refractivity contribution in [2.75, 3.05) is 6.61 Å². The van der Waals surface area contributed by atoms with Crippen molar-refractivity contribution in [1.29, 1.82) is 0 Å². The molecule has 0 spiro atoms. The first kappa shape index (κ1) is 14.4. The molecule has 0 aromatic carbocycles. The predicted octanol–water partition coefficient (Wildman–Crippen LogP) is 0.386. The molecule has 2 rings (SSSR count). The molecule has 1 aliphatic heterocycles. The molecule has 3 N–H and O–H groups in total. The Labute approximate surface area is 113 Å². The van der Waals surface area contributed by atoms with Gasteiger partial charge in [0.15, 0.2) is 0 Å². The number of rotatable bonds is 5. The topological polar surface area (TPSA) is 94.3 Å². The fourth-order valence-corrected chi connectivity index (χ4v) is 3.29. The second-order valence-corrected chi connectivity index (χ2v) is 6.36. The van der Waals surface area contributed by atoms with E-state index in [-0.39, 0.29) is 17.0 Å². The maximum Gasteiger partial charge on any atom is 0.242 e. The summed E-state index contributed by atoms with van der Waals surface area (Å²) in [6.45, 7) is 2.80. The Morgan fingerprint density at radius 1 is 1.58 bits per heavy atom. The molecule has 1 aromatic heterocycles. The SMILES string of the molecule is CC(NS(=O)(=O)c1ccc(CN)nc1)C1CCCO1. The zero-order valence-electron chi connectivity index (χ0n) is 10.9. The molecule has 6 nitrogen and oxygen atoms in total. The molecular weight excluding hydrogens is 266 g/mol. The lowest BCUT2D eigenvalue weighted by molar-refractivity contribution is 0.0902. The van der Waals surface area contributed by atoms with Gasteiger partial charge in [-0.25, -0.2) is 13.1 Å². The van der Waals surface area contributed by atoms with Gasteiger partial charge >= 0.3 is 0 Å². The minimum Gasteiger partial charge on any atom is -0.377 e. The van der Waals surface area contributed by atoms with Crippen LogP contribution in [-0.4, -0.2) is 32.2 Å². The summed E-state index contributed by atoms with van der Waals surface area (Å²) in [4.78, 5) is 4.14. The molecule has 1 fully saturated rings. The summed E-state index contributed by atoms with van der Waals surface area (Å²) in [5, 5.41) is 0. The van der Waals surface area contributed by atoms with Crippen molar-refractivity contribution in [1.82, 2.24) is 9.71 Å². The monoisotopic (exact) mass is 285 g/mol. The molecule has 2 atom stereocenters. The van der Waals surface area contributed by atoms with Crippen LogP contribution in [0.15, 0.2) is 23.2 Å². The van der Waals surface area contributed by atoms with E-state index < -0.39 is 10.0 Å². The number of nitrogens with two attached hydrogens (primary N) is 1. The van der Waals surface area contributed by atoms with Gasteiger partial charge < -0.3 is 10.5 Å². The van der Waals surface area contributed by atoms with Gasteiger partial charge in [0.05, 0.1) is 11.8 Å². The first-order valence-corrected chi connectivity index (χ1v) is 7.80. The van der Waals surface area contributed by atoms with Gasteiger partial charge in [0.1, 0.15) is 4.90 Å². The van der Waals surface area contributed by atoms with Crippen molar-refractivity contribution in [3.05, 3.63) is 24.0 Å². The highest BCUT2D eigenvalue weighted by atomic mass is 32.2. The second kappa shape index (κ2) is 5.96. The molecule has 19 heavy (non-hydrogen) atoms. The van der Waals surface area contributed by atoms with Crippen molar-refractivity contribution in [3.63, 3.8) is 0 Å². The predicted molar refractivity (Wildman–Crippen MR) is 70.9 cm³/mol. The summed E-state index contributed by atoms with van der Waals surface area (Å²) in [5.74, 6) is 0. The van der Waals surface area contributed by atoms with Gasteiger partial charge in [0.25, 0.3) is 0 Å². The van der Waals surface area contributed by atoms with Gasteiger partial charge in [-0.1, -0.05) is 0 Å². The summed E-state index contributed by atoms with van der Waals surface area (Å²) >= 11 is 0. The Kier molecular flexibility index (Phi) is 4.51. The van der Waals surface area contributed by atoms with Gasteiger partial charge in [-0.15, -0.1) is 0 Å². The minimum atomic E-state index is -3.56. The summed E-state index contributed by atoms with van der Waals surface area (Å²) in [6.07, 6.45) is 3.13. The number of hydrogen-bond donors (Lipinski definition) is 2. The van der Waals surface area contributed by atoms with Crippen LogP contribution in [0.1, 0.15) is 25.5 Å². The van der Waals surface area contributed by atoms with E-state index in [0.29, 0.717) is 18.8 Å². The molecule has 2 unspecified atom stereocenters. The zero-order valence-corrected chi connectivity index (χ0v) is 11.7. The lowest BCUT2D eigenvalue weighted by Gasteiger charge is -2.19. The van der Waals surface area contributed by atoms with Crippen molar-refractivity contribution >= 4 is 10.0 Å². The van der Waals surface area contributed by atoms with Crippen LogP contribution >= 0.6 is 0 Å². The van der Waals surface area contributed by atoms with Crippen LogP contribution in [0.4, 0.5) is 0 Å². The largest absolute Gasteiger partial charge is 0.377 e. The Morgan fingerprint density at radius 2 is 2.37 bits per heavy atom. The molecule has 0 bridgehead atoms. The van der Waals surface area contributed by atoms with Crippen LogP contribution in [-0.2, 0) is 21.3 Å². The lowest BCUT2D eigenvalue weighted by Crippen LogP contribution is -2.40. The fourth-order valence-electron chi connectivity index (χ4n) is 2.08. The first-order valence-electron chi connectivity index (χ1n) is 6.32. The van der Waals surface area contributed by atoms with Gasteiger partial charge in [0.2, 0.25) is 10.0 Å².